The van der Waals surface area contributed by atoms with E-state index in [2.05, 4.69) is 39.4 Å². The minimum atomic E-state index is 0. The monoisotopic (exact) mass is 442 g/mol. The Morgan fingerprint density at radius 1 is 1.29 bits per heavy atom. The Labute approximate surface area is 161 Å². The van der Waals surface area contributed by atoms with Crippen LogP contribution >= 0.6 is 24.0 Å². The van der Waals surface area contributed by atoms with Gasteiger partial charge in [0.25, 0.3) is 0 Å². The lowest BCUT2D eigenvalue weighted by molar-refractivity contribution is 0.549. The van der Waals surface area contributed by atoms with Gasteiger partial charge in [0.15, 0.2) is 5.96 Å². The zero-order valence-electron chi connectivity index (χ0n) is 14.6. The molecular formula is C17H27IN6. The van der Waals surface area contributed by atoms with Gasteiger partial charge >= 0.3 is 0 Å². The summed E-state index contributed by atoms with van der Waals surface area (Å²) >= 11 is 0. The van der Waals surface area contributed by atoms with E-state index >= 15 is 0 Å². The van der Waals surface area contributed by atoms with Crippen LogP contribution in [-0.2, 0) is 6.54 Å². The third kappa shape index (κ3) is 6.86. The zero-order chi connectivity index (χ0) is 16.5. The van der Waals surface area contributed by atoms with E-state index in [9.17, 15) is 0 Å². The van der Waals surface area contributed by atoms with Gasteiger partial charge < -0.3 is 10.6 Å². The molecule has 7 heteroatoms. The molecule has 2 heterocycles. The lowest BCUT2D eigenvalue weighted by atomic mass is 10.1. The van der Waals surface area contributed by atoms with Crippen molar-refractivity contribution >= 4 is 29.9 Å². The molecular weight excluding hydrogens is 415 g/mol. The third-order valence-corrected chi connectivity index (χ3v) is 3.51. The first kappa shape index (κ1) is 20.4. The number of nitrogens with one attached hydrogen (secondary N) is 2. The van der Waals surface area contributed by atoms with Gasteiger partial charge in [-0.05, 0) is 36.5 Å². The fourth-order valence-corrected chi connectivity index (χ4v) is 2.23. The lowest BCUT2D eigenvalue weighted by Gasteiger charge is -2.13. The molecule has 0 saturated heterocycles. The predicted octanol–water partition coefficient (Wildman–Crippen LogP) is 2.99. The molecule has 6 nitrogen and oxygen atoms in total. The molecule has 0 fully saturated rings. The van der Waals surface area contributed by atoms with Gasteiger partial charge in [0, 0.05) is 38.7 Å². The third-order valence-electron chi connectivity index (χ3n) is 3.51. The Hall–Kier alpha value is -1.64. The minimum absolute atomic E-state index is 0. The van der Waals surface area contributed by atoms with Crippen LogP contribution in [0.3, 0.4) is 0 Å². The summed E-state index contributed by atoms with van der Waals surface area (Å²) < 4.78 is 1.89. The maximum atomic E-state index is 4.36. The number of halogens is 1. The van der Waals surface area contributed by atoms with Gasteiger partial charge in [-0.2, -0.15) is 0 Å². The molecule has 2 aromatic rings. The fraction of sp³-hybridized carbons (Fsp3) is 0.471. The highest BCUT2D eigenvalue weighted by Crippen LogP contribution is 2.06. The lowest BCUT2D eigenvalue weighted by Crippen LogP contribution is -2.37. The predicted molar refractivity (Wildman–Crippen MR) is 109 cm³/mol. The van der Waals surface area contributed by atoms with Gasteiger partial charge in [-0.1, -0.05) is 13.8 Å². The van der Waals surface area contributed by atoms with Crippen LogP contribution in [0.25, 0.3) is 5.82 Å². The number of imidazole rings is 1. The molecule has 2 rings (SSSR count). The van der Waals surface area contributed by atoms with Crippen molar-refractivity contribution in [2.24, 2.45) is 10.9 Å². The highest BCUT2D eigenvalue weighted by molar-refractivity contribution is 14.0. The molecule has 0 bridgehead atoms. The molecule has 0 spiro atoms. The van der Waals surface area contributed by atoms with E-state index in [1.165, 1.54) is 6.42 Å². The van der Waals surface area contributed by atoms with Gasteiger partial charge in [-0.3, -0.25) is 9.56 Å². The number of aromatic nitrogens is 3. The van der Waals surface area contributed by atoms with Crippen molar-refractivity contribution < 1.29 is 0 Å². The van der Waals surface area contributed by atoms with E-state index in [-0.39, 0.29) is 24.0 Å². The van der Waals surface area contributed by atoms with Crippen LogP contribution in [0.4, 0.5) is 0 Å². The van der Waals surface area contributed by atoms with Crippen LogP contribution in [0.15, 0.2) is 42.0 Å². The van der Waals surface area contributed by atoms with Crippen LogP contribution < -0.4 is 10.6 Å². The van der Waals surface area contributed by atoms with Crippen molar-refractivity contribution in [1.29, 1.82) is 0 Å². The summed E-state index contributed by atoms with van der Waals surface area (Å²) in [5, 5.41) is 6.68. The molecule has 0 aliphatic carbocycles. The Morgan fingerprint density at radius 3 is 2.79 bits per heavy atom. The molecule has 0 aliphatic rings. The maximum Gasteiger partial charge on any atom is 0.191 e. The molecule has 0 radical (unpaired) electrons. The zero-order valence-corrected chi connectivity index (χ0v) is 16.9. The van der Waals surface area contributed by atoms with Crippen LogP contribution in [-0.4, -0.2) is 34.1 Å². The van der Waals surface area contributed by atoms with Gasteiger partial charge in [0.05, 0.1) is 0 Å². The number of hydrogen-bond donors (Lipinski definition) is 2. The highest BCUT2D eigenvalue weighted by Gasteiger charge is 2.02. The largest absolute Gasteiger partial charge is 0.356 e. The van der Waals surface area contributed by atoms with Crippen LogP contribution in [0.5, 0.6) is 0 Å². The second-order valence-electron chi connectivity index (χ2n) is 5.88. The molecule has 0 unspecified atom stereocenters. The quantitative estimate of drug-likeness (QED) is 0.300. The summed E-state index contributed by atoms with van der Waals surface area (Å²) in [5.41, 5.74) is 1.15. The van der Waals surface area contributed by atoms with Gasteiger partial charge in [-0.15, -0.1) is 24.0 Å². The van der Waals surface area contributed by atoms with Gasteiger partial charge in [-0.25, -0.2) is 9.97 Å². The second-order valence-corrected chi connectivity index (χ2v) is 5.88. The normalized spacial score (nSPS) is 11.2. The first-order chi connectivity index (χ1) is 11.2. The van der Waals surface area contributed by atoms with E-state index in [4.69, 9.17) is 0 Å². The van der Waals surface area contributed by atoms with Crippen LogP contribution in [0.2, 0.25) is 0 Å². The Kier molecular flexibility index (Phi) is 9.36. The number of rotatable bonds is 7. The average Bonchev–Trinajstić information content (AvgIpc) is 3.09. The summed E-state index contributed by atoms with van der Waals surface area (Å²) in [6.45, 7) is 6.13. The van der Waals surface area contributed by atoms with Gasteiger partial charge in [0.2, 0.25) is 0 Å². The Bertz CT molecular complexity index is 609. The molecule has 0 aromatic carbocycles. The van der Waals surface area contributed by atoms with E-state index in [1.54, 1.807) is 19.6 Å². The standard InChI is InChI=1S/C17H26N6.HI/c1-14(2)5-4-7-21-17(18-3)22-12-15-6-8-20-16(11-15)23-10-9-19-13-23;/h6,8-11,13-14H,4-5,7,12H2,1-3H3,(H2,18,21,22);1H. The fourth-order valence-electron chi connectivity index (χ4n) is 2.23. The van der Waals surface area contributed by atoms with Crippen molar-refractivity contribution in [2.45, 2.75) is 33.2 Å². The van der Waals surface area contributed by atoms with Crippen LogP contribution in [0.1, 0.15) is 32.3 Å². The maximum absolute atomic E-state index is 4.36. The Balaban J connectivity index is 0.00000288. The molecule has 2 aromatic heterocycles. The number of pyridine rings is 1. The van der Waals surface area contributed by atoms with E-state index in [1.807, 2.05) is 29.1 Å². The number of hydrogen-bond acceptors (Lipinski definition) is 3. The van der Waals surface area contributed by atoms with E-state index < -0.39 is 0 Å². The molecule has 132 valence electrons. The number of nitrogens with zero attached hydrogens (tertiary/aromatic N) is 4. The molecule has 0 aliphatic heterocycles. The SMILES string of the molecule is CN=C(NCCCC(C)C)NCc1ccnc(-n2ccnc2)c1.I. The average molecular weight is 442 g/mol. The number of aliphatic imine (C=N–C) groups is 1. The van der Waals surface area contributed by atoms with E-state index in [0.29, 0.717) is 6.54 Å². The number of guanidine groups is 1. The molecule has 0 amide bonds. The summed E-state index contributed by atoms with van der Waals surface area (Å²) in [4.78, 5) is 12.7. The Morgan fingerprint density at radius 2 is 2.12 bits per heavy atom. The summed E-state index contributed by atoms with van der Waals surface area (Å²) in [6.07, 6.45) is 9.56. The van der Waals surface area contributed by atoms with Gasteiger partial charge in [0.1, 0.15) is 12.1 Å². The van der Waals surface area contributed by atoms with E-state index in [0.717, 1.165) is 36.2 Å². The van der Waals surface area contributed by atoms with Crippen molar-refractivity contribution in [3.05, 3.63) is 42.6 Å². The summed E-state index contributed by atoms with van der Waals surface area (Å²) in [7, 11) is 1.79. The minimum Gasteiger partial charge on any atom is -0.356 e. The summed E-state index contributed by atoms with van der Waals surface area (Å²) in [6, 6.07) is 4.04. The van der Waals surface area contributed by atoms with Crippen molar-refractivity contribution in [1.82, 2.24) is 25.2 Å². The first-order valence-electron chi connectivity index (χ1n) is 8.07. The van der Waals surface area contributed by atoms with Crippen molar-refractivity contribution in [2.75, 3.05) is 13.6 Å². The second kappa shape index (κ2) is 11.0. The topological polar surface area (TPSA) is 67.1 Å². The van der Waals surface area contributed by atoms with Crippen molar-refractivity contribution in [3.63, 3.8) is 0 Å². The van der Waals surface area contributed by atoms with Crippen molar-refractivity contribution in [3.8, 4) is 5.82 Å². The van der Waals surface area contributed by atoms with Crippen LogP contribution in [0, 0.1) is 5.92 Å². The highest BCUT2D eigenvalue weighted by atomic mass is 127. The summed E-state index contributed by atoms with van der Waals surface area (Å²) in [5.74, 6) is 2.43. The molecule has 0 saturated carbocycles. The first-order valence-corrected chi connectivity index (χ1v) is 8.07. The molecule has 0 atom stereocenters. The molecule has 2 N–H and O–H groups in total. The smallest absolute Gasteiger partial charge is 0.191 e. The molecule has 24 heavy (non-hydrogen) atoms.